The zero-order valence-corrected chi connectivity index (χ0v) is 13.7. The van der Waals surface area contributed by atoms with Crippen molar-refractivity contribution in [2.24, 2.45) is 5.41 Å². The molecule has 2 aromatic rings. The Morgan fingerprint density at radius 1 is 0.913 bits per heavy atom. The van der Waals surface area contributed by atoms with E-state index in [2.05, 4.69) is 48.5 Å². The molecule has 0 bridgehead atoms. The van der Waals surface area contributed by atoms with E-state index in [0.717, 1.165) is 32.1 Å². The molecule has 1 aliphatic rings. The minimum atomic E-state index is -0.328. The van der Waals surface area contributed by atoms with Crippen LogP contribution in [0.25, 0.3) is 0 Å². The molecule has 1 saturated heterocycles. The van der Waals surface area contributed by atoms with Crippen LogP contribution in [0, 0.1) is 5.41 Å². The largest absolute Gasteiger partial charge is 0.462 e. The minimum absolute atomic E-state index is 0.00291. The number of rotatable bonds is 6. The van der Waals surface area contributed by atoms with Crippen molar-refractivity contribution < 1.29 is 9.53 Å². The van der Waals surface area contributed by atoms with Crippen LogP contribution < -0.4 is 0 Å². The smallest absolute Gasteiger partial charge is 0.312 e. The second-order valence-corrected chi connectivity index (χ2v) is 6.67. The lowest BCUT2D eigenvalue weighted by atomic mass is 9.75. The number of carbonyl (C=O) groups excluding carboxylic acids is 1. The Kier molecular flexibility index (Phi) is 4.80. The molecule has 1 unspecified atom stereocenters. The van der Waals surface area contributed by atoms with Gasteiger partial charge in [0.05, 0.1) is 5.41 Å². The summed E-state index contributed by atoms with van der Waals surface area (Å²) < 4.78 is 5.52. The summed E-state index contributed by atoms with van der Waals surface area (Å²) in [5.41, 5.74) is 2.25. The van der Waals surface area contributed by atoms with Crippen LogP contribution in [0.4, 0.5) is 0 Å². The molecule has 2 aromatic carbocycles. The first-order chi connectivity index (χ1) is 11.2. The standard InChI is InChI=1S/C21H24O2/c1-17-16-21(20(22)23-17,14-12-18-8-4-2-5-9-18)15-13-19-10-6-3-7-11-19/h2-11,17H,12-16H2,1H3. The molecule has 0 amide bonds. The van der Waals surface area contributed by atoms with Crippen molar-refractivity contribution in [2.75, 3.05) is 0 Å². The van der Waals surface area contributed by atoms with Gasteiger partial charge in [-0.05, 0) is 43.7 Å². The molecular weight excluding hydrogens is 284 g/mol. The van der Waals surface area contributed by atoms with E-state index in [9.17, 15) is 4.79 Å². The van der Waals surface area contributed by atoms with E-state index in [1.807, 2.05) is 19.1 Å². The lowest BCUT2D eigenvalue weighted by molar-refractivity contribution is -0.149. The van der Waals surface area contributed by atoms with Crippen LogP contribution >= 0.6 is 0 Å². The molecule has 0 spiro atoms. The van der Waals surface area contributed by atoms with E-state index < -0.39 is 0 Å². The minimum Gasteiger partial charge on any atom is -0.462 e. The van der Waals surface area contributed by atoms with Gasteiger partial charge in [-0.3, -0.25) is 4.79 Å². The second kappa shape index (κ2) is 6.99. The van der Waals surface area contributed by atoms with E-state index in [0.29, 0.717) is 0 Å². The summed E-state index contributed by atoms with van der Waals surface area (Å²) in [6.45, 7) is 2.00. The maximum Gasteiger partial charge on any atom is 0.312 e. The molecule has 2 heteroatoms. The van der Waals surface area contributed by atoms with E-state index in [4.69, 9.17) is 4.74 Å². The van der Waals surface area contributed by atoms with Crippen LogP contribution in [0.5, 0.6) is 0 Å². The quantitative estimate of drug-likeness (QED) is 0.730. The SMILES string of the molecule is CC1CC(CCc2ccccc2)(CCc2ccccc2)C(=O)O1. The van der Waals surface area contributed by atoms with E-state index >= 15 is 0 Å². The maximum absolute atomic E-state index is 12.5. The Balaban J connectivity index is 1.71. The van der Waals surface area contributed by atoms with Crippen molar-refractivity contribution >= 4 is 5.97 Å². The molecule has 2 nitrogen and oxygen atoms in total. The molecule has 1 atom stereocenters. The molecule has 120 valence electrons. The van der Waals surface area contributed by atoms with Gasteiger partial charge < -0.3 is 4.74 Å². The highest BCUT2D eigenvalue weighted by Crippen LogP contribution is 2.42. The lowest BCUT2D eigenvalue weighted by Gasteiger charge is -2.25. The van der Waals surface area contributed by atoms with Gasteiger partial charge in [-0.1, -0.05) is 60.7 Å². The second-order valence-electron chi connectivity index (χ2n) is 6.67. The van der Waals surface area contributed by atoms with Crippen molar-refractivity contribution in [3.05, 3.63) is 71.8 Å². The number of esters is 1. The molecule has 3 rings (SSSR count). The van der Waals surface area contributed by atoms with Crippen molar-refractivity contribution in [3.63, 3.8) is 0 Å². The summed E-state index contributed by atoms with van der Waals surface area (Å²) in [5, 5.41) is 0. The van der Waals surface area contributed by atoms with Gasteiger partial charge in [0.2, 0.25) is 0 Å². The van der Waals surface area contributed by atoms with Gasteiger partial charge in [-0.2, -0.15) is 0 Å². The maximum atomic E-state index is 12.5. The van der Waals surface area contributed by atoms with Crippen molar-refractivity contribution in [1.82, 2.24) is 0 Å². The van der Waals surface area contributed by atoms with Crippen LogP contribution in [0.2, 0.25) is 0 Å². The van der Waals surface area contributed by atoms with Gasteiger partial charge in [-0.25, -0.2) is 0 Å². The third-order valence-corrected chi connectivity index (χ3v) is 4.89. The molecule has 0 N–H and O–H groups in total. The predicted octanol–water partition coefficient (Wildman–Crippen LogP) is 4.57. The van der Waals surface area contributed by atoms with Gasteiger partial charge in [0.25, 0.3) is 0 Å². The number of benzene rings is 2. The van der Waals surface area contributed by atoms with E-state index in [1.54, 1.807) is 0 Å². The summed E-state index contributed by atoms with van der Waals surface area (Å²) in [6.07, 6.45) is 4.47. The lowest BCUT2D eigenvalue weighted by Crippen LogP contribution is -2.28. The van der Waals surface area contributed by atoms with Gasteiger partial charge in [0.1, 0.15) is 6.10 Å². The third kappa shape index (κ3) is 3.82. The molecule has 0 radical (unpaired) electrons. The van der Waals surface area contributed by atoms with Crippen molar-refractivity contribution in [3.8, 4) is 0 Å². The first kappa shape index (κ1) is 15.8. The summed E-state index contributed by atoms with van der Waals surface area (Å²) in [4.78, 5) is 12.5. The first-order valence-electron chi connectivity index (χ1n) is 8.47. The highest BCUT2D eigenvalue weighted by Gasteiger charge is 2.46. The van der Waals surface area contributed by atoms with Crippen LogP contribution in [-0.4, -0.2) is 12.1 Å². The summed E-state index contributed by atoms with van der Waals surface area (Å²) in [6, 6.07) is 20.8. The van der Waals surface area contributed by atoms with Gasteiger partial charge >= 0.3 is 5.97 Å². The molecule has 0 saturated carbocycles. The Morgan fingerprint density at radius 3 is 1.78 bits per heavy atom. The number of ether oxygens (including phenoxy) is 1. The normalized spacial score (nSPS) is 19.5. The Labute approximate surface area is 138 Å². The molecular formula is C21H24O2. The van der Waals surface area contributed by atoms with Gasteiger partial charge in [0, 0.05) is 6.42 Å². The monoisotopic (exact) mass is 308 g/mol. The third-order valence-electron chi connectivity index (χ3n) is 4.89. The number of cyclic esters (lactones) is 1. The van der Waals surface area contributed by atoms with Crippen LogP contribution in [-0.2, 0) is 22.4 Å². The Bertz CT molecular complexity index is 590. The van der Waals surface area contributed by atoms with Crippen molar-refractivity contribution in [2.45, 2.75) is 45.1 Å². The molecule has 0 aromatic heterocycles. The average molecular weight is 308 g/mol. The first-order valence-corrected chi connectivity index (χ1v) is 8.47. The van der Waals surface area contributed by atoms with E-state index in [1.165, 1.54) is 11.1 Å². The number of aryl methyl sites for hydroxylation is 2. The van der Waals surface area contributed by atoms with Gasteiger partial charge in [-0.15, -0.1) is 0 Å². The zero-order chi connectivity index (χ0) is 16.1. The topological polar surface area (TPSA) is 26.3 Å². The summed E-state index contributed by atoms with van der Waals surface area (Å²) in [5.74, 6) is -0.00291. The van der Waals surface area contributed by atoms with Crippen LogP contribution in [0.3, 0.4) is 0 Å². The molecule has 1 heterocycles. The highest BCUT2D eigenvalue weighted by atomic mass is 16.6. The molecule has 23 heavy (non-hydrogen) atoms. The average Bonchev–Trinajstić information content (AvgIpc) is 2.87. The molecule has 1 aliphatic heterocycles. The van der Waals surface area contributed by atoms with Crippen LogP contribution in [0.15, 0.2) is 60.7 Å². The number of hydrogen-bond donors (Lipinski definition) is 0. The highest BCUT2D eigenvalue weighted by molar-refractivity contribution is 5.79. The van der Waals surface area contributed by atoms with Gasteiger partial charge in [0.15, 0.2) is 0 Å². The van der Waals surface area contributed by atoms with E-state index in [-0.39, 0.29) is 17.5 Å². The zero-order valence-electron chi connectivity index (χ0n) is 13.7. The molecule has 0 aliphatic carbocycles. The summed E-state index contributed by atoms with van der Waals surface area (Å²) in [7, 11) is 0. The molecule has 1 fully saturated rings. The van der Waals surface area contributed by atoms with Crippen LogP contribution in [0.1, 0.15) is 37.3 Å². The summed E-state index contributed by atoms with van der Waals surface area (Å²) >= 11 is 0. The Morgan fingerprint density at radius 2 is 1.39 bits per heavy atom. The fourth-order valence-corrected chi connectivity index (χ4v) is 3.57. The Hall–Kier alpha value is -2.09. The number of carbonyl (C=O) groups is 1. The fourth-order valence-electron chi connectivity index (χ4n) is 3.57. The predicted molar refractivity (Wildman–Crippen MR) is 92.1 cm³/mol. The number of hydrogen-bond acceptors (Lipinski definition) is 2. The van der Waals surface area contributed by atoms with Crippen molar-refractivity contribution in [1.29, 1.82) is 0 Å². The fraction of sp³-hybridized carbons (Fsp3) is 0.381.